The van der Waals surface area contributed by atoms with Gasteiger partial charge in [0.1, 0.15) is 52.6 Å². The second-order valence-corrected chi connectivity index (χ2v) is 21.1. The zero-order valence-electron chi connectivity index (χ0n) is 40.4. The van der Waals surface area contributed by atoms with Crippen molar-refractivity contribution < 1.29 is 77.5 Å². The molecule has 65 heavy (non-hydrogen) atoms. The van der Waals surface area contributed by atoms with Crippen LogP contribution in [0.4, 0.5) is 14.4 Å². The Morgan fingerprint density at radius 3 is 2.14 bits per heavy atom. The van der Waals surface area contributed by atoms with E-state index in [-0.39, 0.29) is 25.5 Å². The van der Waals surface area contributed by atoms with Gasteiger partial charge in [-0.1, -0.05) is 0 Å². The van der Waals surface area contributed by atoms with Gasteiger partial charge in [-0.05, 0) is 115 Å². The molecule has 3 fully saturated rings. The fourth-order valence-electron chi connectivity index (χ4n) is 8.34. The highest BCUT2D eigenvalue weighted by Crippen LogP contribution is 2.38. The normalized spacial score (nSPS) is 32.2. The van der Waals surface area contributed by atoms with Gasteiger partial charge in [0.25, 0.3) is 0 Å². The predicted octanol–water partition coefficient (Wildman–Crippen LogP) is 1.91. The van der Waals surface area contributed by atoms with E-state index in [1.165, 1.54) is 14.0 Å². The molecular weight excluding hydrogens is 855 g/mol. The highest BCUT2D eigenvalue weighted by Gasteiger charge is 2.55. The average molecular weight is 932 g/mol. The van der Waals surface area contributed by atoms with E-state index in [0.717, 1.165) is 4.90 Å². The molecule has 0 bridgehead atoms. The maximum atomic E-state index is 13.7. The van der Waals surface area contributed by atoms with E-state index >= 15 is 0 Å². The van der Waals surface area contributed by atoms with Gasteiger partial charge in [0, 0.05) is 32.1 Å². The van der Waals surface area contributed by atoms with Gasteiger partial charge in [-0.2, -0.15) is 0 Å². The van der Waals surface area contributed by atoms with Crippen molar-refractivity contribution in [2.75, 3.05) is 39.9 Å². The number of hydrogen-bond acceptors (Lipinski definition) is 17. The quantitative estimate of drug-likeness (QED) is 0.116. The minimum Gasteiger partial charge on any atom is -0.493 e. The molecule has 3 aliphatic heterocycles. The van der Waals surface area contributed by atoms with E-state index < -0.39 is 120 Å². The molecule has 2 saturated heterocycles. The summed E-state index contributed by atoms with van der Waals surface area (Å²) >= 11 is 0. The van der Waals surface area contributed by atoms with E-state index in [2.05, 4.69) is 21.3 Å². The zero-order valence-corrected chi connectivity index (χ0v) is 40.4. The van der Waals surface area contributed by atoms with Crippen LogP contribution in [0.2, 0.25) is 0 Å². The lowest BCUT2D eigenvalue weighted by molar-refractivity contribution is -0.305. The summed E-state index contributed by atoms with van der Waals surface area (Å²) in [6.07, 6.45) is -8.68. The van der Waals surface area contributed by atoms with Crippen LogP contribution in [0.25, 0.3) is 0 Å². The summed E-state index contributed by atoms with van der Waals surface area (Å²) in [6.45, 7) is 20.9. The molecule has 12 atom stereocenters. The number of alkyl carbamates (subject to hydrolysis) is 2. The van der Waals surface area contributed by atoms with E-state index in [0.29, 0.717) is 38.3 Å². The third-order valence-corrected chi connectivity index (χ3v) is 11.0. The van der Waals surface area contributed by atoms with Crippen molar-refractivity contribution >= 4 is 24.2 Å². The first-order valence-electron chi connectivity index (χ1n) is 22.5. The van der Waals surface area contributed by atoms with Crippen molar-refractivity contribution in [3.63, 3.8) is 0 Å². The molecule has 21 heteroatoms. The van der Waals surface area contributed by atoms with Crippen LogP contribution in [0.15, 0.2) is 11.8 Å². The molecule has 0 spiro atoms. The lowest BCUT2D eigenvalue weighted by Crippen LogP contribution is -2.70. The summed E-state index contributed by atoms with van der Waals surface area (Å²) in [6, 6.07) is -3.44. The first kappa shape index (κ1) is 54.1. The molecule has 3 heterocycles. The van der Waals surface area contributed by atoms with Gasteiger partial charge in [-0.3, -0.25) is 4.79 Å². The maximum Gasteiger partial charge on any atom is 0.410 e. The number of hydrogen-bond donors (Lipinski definition) is 8. The molecule has 374 valence electrons. The molecule has 0 aromatic heterocycles. The van der Waals surface area contributed by atoms with Crippen LogP contribution in [-0.2, 0) is 42.7 Å². The van der Waals surface area contributed by atoms with Crippen LogP contribution < -0.4 is 21.3 Å². The molecule has 1 aliphatic carbocycles. The van der Waals surface area contributed by atoms with Gasteiger partial charge in [0.05, 0.1) is 44.1 Å². The molecule has 4 rings (SSSR count). The summed E-state index contributed by atoms with van der Waals surface area (Å²) < 4.78 is 46.9. The SMILES string of the molecule is CN(C(=O)OC(C)(C)C)[C@@H]1[C@@H](O)[C@@H](O[C@H]2[C@H](NC(=O)[C@@H](O)CCNC(=O)OC(C)(C)C)C[C@H](NC(=O)OC(C)(C)C)C([C@@H]3CCC=C(CNC[C@H]4COC(C)(C)O4)O3)[C@@H]2O)OC[C@]1(C)O. The smallest absolute Gasteiger partial charge is 0.410 e. The van der Waals surface area contributed by atoms with Crippen LogP contribution in [-0.4, -0.2) is 179 Å². The number of allylic oxidation sites excluding steroid dienone is 1. The molecular formula is C44H77N5O16. The van der Waals surface area contributed by atoms with Crippen LogP contribution in [0.3, 0.4) is 0 Å². The Hall–Kier alpha value is -3.54. The number of aliphatic hydroxyl groups is 4. The summed E-state index contributed by atoms with van der Waals surface area (Å²) in [7, 11) is 1.36. The van der Waals surface area contributed by atoms with Crippen LogP contribution in [0.1, 0.15) is 109 Å². The summed E-state index contributed by atoms with van der Waals surface area (Å²) in [5.41, 5.74) is -4.37. The molecule has 0 aromatic carbocycles. The molecule has 1 saturated carbocycles. The van der Waals surface area contributed by atoms with E-state index in [4.69, 9.17) is 37.9 Å². The van der Waals surface area contributed by atoms with Crippen LogP contribution in [0.5, 0.6) is 0 Å². The third kappa shape index (κ3) is 16.3. The third-order valence-electron chi connectivity index (χ3n) is 11.0. The Morgan fingerprint density at radius 2 is 1.54 bits per heavy atom. The van der Waals surface area contributed by atoms with Crippen molar-refractivity contribution in [1.82, 2.24) is 26.2 Å². The van der Waals surface area contributed by atoms with Crippen molar-refractivity contribution in [2.45, 2.75) is 198 Å². The minimum absolute atomic E-state index is 0.103. The van der Waals surface area contributed by atoms with E-state index in [1.807, 2.05) is 19.9 Å². The fourth-order valence-corrected chi connectivity index (χ4v) is 8.34. The summed E-state index contributed by atoms with van der Waals surface area (Å²) in [5, 5.41) is 58.3. The minimum atomic E-state index is -1.80. The second-order valence-electron chi connectivity index (χ2n) is 21.1. The fraction of sp³-hybridized carbons (Fsp3) is 0.864. The Balaban J connectivity index is 1.64. The van der Waals surface area contributed by atoms with Crippen molar-refractivity contribution in [1.29, 1.82) is 0 Å². The molecule has 21 nitrogen and oxygen atoms in total. The lowest BCUT2D eigenvalue weighted by Gasteiger charge is -2.51. The highest BCUT2D eigenvalue weighted by atomic mass is 16.7. The summed E-state index contributed by atoms with van der Waals surface area (Å²) in [4.78, 5) is 53.7. The first-order chi connectivity index (χ1) is 29.8. The molecule has 1 unspecified atom stereocenters. The molecule has 0 radical (unpaired) electrons. The Labute approximate surface area is 382 Å². The van der Waals surface area contributed by atoms with Gasteiger partial charge in [-0.15, -0.1) is 0 Å². The van der Waals surface area contributed by atoms with Crippen molar-refractivity contribution in [2.24, 2.45) is 5.92 Å². The van der Waals surface area contributed by atoms with E-state index in [1.54, 1.807) is 62.3 Å². The first-order valence-corrected chi connectivity index (χ1v) is 22.5. The Kier molecular flexibility index (Phi) is 18.0. The number of ether oxygens (including phenoxy) is 8. The average Bonchev–Trinajstić information content (AvgIpc) is 3.49. The summed E-state index contributed by atoms with van der Waals surface area (Å²) in [5.74, 6) is -1.93. The number of nitrogens with zero attached hydrogens (tertiary/aromatic N) is 1. The number of aliphatic hydroxyl groups excluding tert-OH is 3. The number of carbonyl (C=O) groups excluding carboxylic acids is 4. The largest absolute Gasteiger partial charge is 0.493 e. The molecule has 4 amide bonds. The van der Waals surface area contributed by atoms with Gasteiger partial charge >= 0.3 is 18.3 Å². The standard InChI is InChI=1S/C44H77N5O16/c1-40(2,3)63-37(54)46-18-17-28(50)35(53)47-27-19-26(48-38(55)64-41(4,5)6)30(29-16-14-15-24(60-29)20-45-21-25-22-59-43(10,11)62-25)31(51)33(27)61-36-32(52)34(44(12,57)23-58-36)49(13)39(56)65-42(7,8)9/h15,25-34,36,45,50-52,57H,14,16-23H2,1-13H3,(H,46,54)(H,47,53)(H,48,55)/t25-,26-,27+,28-,29-,30?,31-,32+,33-,34+,36+,44-/m0/s1. The van der Waals surface area contributed by atoms with Crippen molar-refractivity contribution in [3.05, 3.63) is 11.8 Å². The number of nitrogens with one attached hydrogen (secondary N) is 4. The monoisotopic (exact) mass is 932 g/mol. The Bertz CT molecular complexity index is 1660. The number of rotatable bonds is 14. The van der Waals surface area contributed by atoms with Crippen LogP contribution in [0, 0.1) is 5.92 Å². The topological polar surface area (TPSA) is 274 Å². The Morgan fingerprint density at radius 1 is 0.908 bits per heavy atom. The second kappa shape index (κ2) is 21.6. The number of likely N-dealkylation sites (N-methyl/N-ethyl adjacent to an activating group) is 1. The van der Waals surface area contributed by atoms with Crippen molar-refractivity contribution in [3.8, 4) is 0 Å². The van der Waals surface area contributed by atoms with Gasteiger partial charge in [0.15, 0.2) is 12.1 Å². The zero-order chi connectivity index (χ0) is 48.9. The predicted molar refractivity (Wildman–Crippen MR) is 233 cm³/mol. The molecule has 0 aromatic rings. The van der Waals surface area contributed by atoms with Gasteiger partial charge < -0.3 is 84.5 Å². The maximum absolute atomic E-state index is 13.7. The molecule has 8 N–H and O–H groups in total. The van der Waals surface area contributed by atoms with E-state index in [9.17, 15) is 39.6 Å². The van der Waals surface area contributed by atoms with Crippen LogP contribution >= 0.6 is 0 Å². The highest BCUT2D eigenvalue weighted by molar-refractivity contribution is 5.81. The number of amides is 4. The number of carbonyl (C=O) groups is 4. The van der Waals surface area contributed by atoms with Gasteiger partial charge in [-0.25, -0.2) is 14.4 Å². The molecule has 4 aliphatic rings. The lowest BCUT2D eigenvalue weighted by atomic mass is 9.73. The van der Waals surface area contributed by atoms with Gasteiger partial charge in [0.2, 0.25) is 5.91 Å².